The predicted octanol–water partition coefficient (Wildman–Crippen LogP) is 1.88. The first kappa shape index (κ1) is 15.2. The molecule has 3 nitrogen and oxygen atoms in total. The van der Waals surface area contributed by atoms with Crippen LogP contribution in [0.2, 0.25) is 0 Å². The third-order valence-electron chi connectivity index (χ3n) is 3.17. The Morgan fingerprint density at radius 2 is 1.78 bits per heavy atom. The summed E-state index contributed by atoms with van der Waals surface area (Å²) in [6.07, 6.45) is -2.96. The van der Waals surface area contributed by atoms with Crippen LogP contribution in [-0.4, -0.2) is 48.3 Å². The van der Waals surface area contributed by atoms with Gasteiger partial charge in [0.15, 0.2) is 0 Å². The van der Waals surface area contributed by atoms with Gasteiger partial charge in [0.2, 0.25) is 0 Å². The van der Waals surface area contributed by atoms with Crippen LogP contribution in [0.3, 0.4) is 0 Å². The maximum absolute atomic E-state index is 12.7. The highest BCUT2D eigenvalue weighted by Crippen LogP contribution is 2.24. The lowest BCUT2D eigenvalue weighted by molar-refractivity contribution is -0.170. The Labute approximate surface area is 104 Å². The van der Waals surface area contributed by atoms with Crippen molar-refractivity contribution in [3.63, 3.8) is 0 Å². The zero-order valence-electron chi connectivity index (χ0n) is 10.4. The molecular weight excluding hydrogens is 252 g/mol. The molecule has 1 heterocycles. The number of rotatable bonds is 4. The molecule has 0 atom stereocenters. The number of amides is 1. The molecule has 0 unspecified atom stereocenters. The lowest BCUT2D eigenvalue weighted by atomic mass is 10.0. The van der Waals surface area contributed by atoms with E-state index in [1.54, 1.807) is 0 Å². The average molecular weight is 270 g/mol. The second-order valence-corrected chi connectivity index (χ2v) is 4.80. The number of likely N-dealkylation sites (tertiary alicyclic amines) is 1. The highest BCUT2D eigenvalue weighted by Gasteiger charge is 2.49. The molecule has 1 rings (SSSR count). The Bertz CT molecular complexity index is 289. The third kappa shape index (κ3) is 3.57. The van der Waals surface area contributed by atoms with Gasteiger partial charge in [0.1, 0.15) is 0 Å². The maximum atomic E-state index is 12.7. The van der Waals surface area contributed by atoms with Crippen LogP contribution in [0.5, 0.6) is 0 Å². The second kappa shape index (κ2) is 5.86. The molecule has 1 fully saturated rings. The van der Waals surface area contributed by atoms with Crippen molar-refractivity contribution in [1.29, 1.82) is 0 Å². The fourth-order valence-electron chi connectivity index (χ4n) is 1.94. The third-order valence-corrected chi connectivity index (χ3v) is 3.17. The molecule has 0 aromatic carbocycles. The van der Waals surface area contributed by atoms with Crippen molar-refractivity contribution in [1.82, 2.24) is 10.2 Å². The quantitative estimate of drug-likeness (QED) is 0.791. The first-order chi connectivity index (χ1) is 8.25. The van der Waals surface area contributed by atoms with Crippen molar-refractivity contribution in [2.24, 2.45) is 0 Å². The zero-order chi connectivity index (χ0) is 13.9. The Morgan fingerprint density at radius 1 is 1.28 bits per heavy atom. The number of hydrogen-bond donors (Lipinski definition) is 1. The summed E-state index contributed by atoms with van der Waals surface area (Å²) >= 11 is 0. The van der Waals surface area contributed by atoms with E-state index in [2.05, 4.69) is 4.90 Å². The monoisotopic (exact) mass is 270 g/mol. The number of piperidine rings is 1. The van der Waals surface area contributed by atoms with Crippen molar-refractivity contribution in [3.8, 4) is 0 Å². The second-order valence-electron chi connectivity index (χ2n) is 4.80. The molecule has 1 amide bonds. The van der Waals surface area contributed by atoms with Gasteiger partial charge in [-0.25, -0.2) is 8.78 Å². The number of carbonyl (C=O) groups excluding carboxylic acids is 1. The van der Waals surface area contributed by atoms with Crippen LogP contribution < -0.4 is 5.32 Å². The fraction of sp³-hybridized carbons (Fsp3) is 0.909. The first-order valence-corrected chi connectivity index (χ1v) is 5.96. The number of nitrogens with one attached hydrogen (secondary N) is 1. The number of carbonyl (C=O) groups is 1. The highest BCUT2D eigenvalue weighted by atomic mass is 19.3. The summed E-state index contributed by atoms with van der Waals surface area (Å²) in [5.74, 6) is -6.48. The van der Waals surface area contributed by atoms with Gasteiger partial charge in [0.05, 0.1) is 0 Å². The summed E-state index contributed by atoms with van der Waals surface area (Å²) in [4.78, 5) is 13.2. The molecule has 0 aromatic rings. The fourth-order valence-corrected chi connectivity index (χ4v) is 1.94. The van der Waals surface area contributed by atoms with Gasteiger partial charge in [-0.2, -0.15) is 8.78 Å². The average Bonchev–Trinajstić information content (AvgIpc) is 2.29. The van der Waals surface area contributed by atoms with E-state index in [0.717, 1.165) is 0 Å². The Morgan fingerprint density at radius 3 is 2.17 bits per heavy atom. The largest absolute Gasteiger partial charge is 0.383 e. The summed E-state index contributed by atoms with van der Waals surface area (Å²) in [7, 11) is 0. The van der Waals surface area contributed by atoms with Gasteiger partial charge in [0, 0.05) is 25.2 Å². The van der Waals surface area contributed by atoms with Crippen molar-refractivity contribution >= 4 is 5.91 Å². The van der Waals surface area contributed by atoms with E-state index >= 15 is 0 Å². The van der Waals surface area contributed by atoms with Crippen LogP contribution in [0, 0.1) is 0 Å². The number of halogens is 4. The van der Waals surface area contributed by atoms with Gasteiger partial charge >= 0.3 is 12.3 Å². The molecule has 106 valence electrons. The van der Waals surface area contributed by atoms with Crippen LogP contribution in [0.25, 0.3) is 0 Å². The molecular formula is C11H18F4N2O. The molecule has 18 heavy (non-hydrogen) atoms. The zero-order valence-corrected chi connectivity index (χ0v) is 10.4. The van der Waals surface area contributed by atoms with Crippen molar-refractivity contribution in [2.75, 3.05) is 13.1 Å². The smallest absolute Gasteiger partial charge is 0.348 e. The minimum Gasteiger partial charge on any atom is -0.348 e. The van der Waals surface area contributed by atoms with Gasteiger partial charge in [-0.05, 0) is 26.7 Å². The standard InChI is InChI=1S/C11H18F4N2O/c1-7(2)17-5-3-8(4-6-17)16-10(18)11(14,15)9(12)13/h7-9H,3-6H2,1-2H3,(H,16,18). The minimum atomic E-state index is -4.60. The summed E-state index contributed by atoms with van der Waals surface area (Å²) in [6, 6.07) is -0.0960. The molecule has 1 aliphatic rings. The SMILES string of the molecule is CC(C)N1CCC(NC(=O)C(F)(F)C(F)F)CC1. The Kier molecular flexibility index (Phi) is 4.95. The lowest BCUT2D eigenvalue weighted by Crippen LogP contribution is -2.52. The van der Waals surface area contributed by atoms with Gasteiger partial charge in [-0.15, -0.1) is 0 Å². The summed E-state index contributed by atoms with van der Waals surface area (Å²) in [5.41, 5.74) is 0. The Hall–Kier alpha value is -0.850. The van der Waals surface area contributed by atoms with E-state index in [9.17, 15) is 22.4 Å². The first-order valence-electron chi connectivity index (χ1n) is 5.96. The molecule has 0 spiro atoms. The van der Waals surface area contributed by atoms with Crippen molar-refractivity contribution in [2.45, 2.75) is 51.1 Å². The van der Waals surface area contributed by atoms with Crippen molar-refractivity contribution in [3.05, 3.63) is 0 Å². The van der Waals surface area contributed by atoms with E-state index in [1.807, 2.05) is 19.2 Å². The maximum Gasteiger partial charge on any atom is 0.383 e. The van der Waals surface area contributed by atoms with E-state index < -0.39 is 24.3 Å². The Balaban J connectivity index is 2.44. The van der Waals surface area contributed by atoms with Crippen molar-refractivity contribution < 1.29 is 22.4 Å². The summed E-state index contributed by atoms with van der Waals surface area (Å²) in [5, 5.41) is 2.00. The number of nitrogens with zero attached hydrogens (tertiary/aromatic N) is 1. The number of hydrogen-bond acceptors (Lipinski definition) is 2. The predicted molar refractivity (Wildman–Crippen MR) is 58.8 cm³/mol. The molecule has 0 saturated carbocycles. The van der Waals surface area contributed by atoms with E-state index in [0.29, 0.717) is 32.0 Å². The molecule has 1 N–H and O–H groups in total. The molecule has 1 aliphatic heterocycles. The van der Waals surface area contributed by atoms with Gasteiger partial charge < -0.3 is 10.2 Å². The van der Waals surface area contributed by atoms with Crippen LogP contribution in [0.1, 0.15) is 26.7 Å². The minimum absolute atomic E-state index is 0.351. The number of alkyl halides is 4. The molecule has 0 aliphatic carbocycles. The molecule has 7 heteroatoms. The van der Waals surface area contributed by atoms with E-state index in [-0.39, 0.29) is 0 Å². The molecule has 0 radical (unpaired) electrons. The molecule has 0 bridgehead atoms. The molecule has 1 saturated heterocycles. The van der Waals surface area contributed by atoms with Crippen LogP contribution >= 0.6 is 0 Å². The van der Waals surface area contributed by atoms with Crippen LogP contribution in [0.4, 0.5) is 17.6 Å². The normalized spacial score (nSPS) is 19.6. The van der Waals surface area contributed by atoms with Crippen LogP contribution in [0.15, 0.2) is 0 Å². The van der Waals surface area contributed by atoms with E-state index in [4.69, 9.17) is 0 Å². The summed E-state index contributed by atoms with van der Waals surface area (Å²) < 4.78 is 49.4. The molecule has 0 aromatic heterocycles. The highest BCUT2D eigenvalue weighted by molar-refractivity contribution is 5.84. The summed E-state index contributed by atoms with van der Waals surface area (Å²) in [6.45, 7) is 5.37. The van der Waals surface area contributed by atoms with Gasteiger partial charge in [-0.1, -0.05) is 0 Å². The van der Waals surface area contributed by atoms with Gasteiger partial charge in [0.25, 0.3) is 5.91 Å². The van der Waals surface area contributed by atoms with Gasteiger partial charge in [-0.3, -0.25) is 4.79 Å². The lowest BCUT2D eigenvalue weighted by Gasteiger charge is -2.35. The van der Waals surface area contributed by atoms with E-state index in [1.165, 1.54) is 0 Å². The van der Waals surface area contributed by atoms with Crippen LogP contribution in [-0.2, 0) is 4.79 Å². The topological polar surface area (TPSA) is 32.3 Å².